The number of rotatable bonds is 3. The highest BCUT2D eigenvalue weighted by Gasteiger charge is 2.24. The number of hydrogen-bond donors (Lipinski definition) is 1. The largest absolute Gasteiger partial charge is 0.368 e. The number of nitrogens with one attached hydrogen (secondary N) is 1. The van der Waals surface area contributed by atoms with E-state index in [-0.39, 0.29) is 24.0 Å². The minimum absolute atomic E-state index is 0. The van der Waals surface area contributed by atoms with Crippen molar-refractivity contribution in [2.75, 3.05) is 44.7 Å². The molecule has 22 heavy (non-hydrogen) atoms. The van der Waals surface area contributed by atoms with E-state index in [2.05, 4.69) is 26.2 Å². The van der Waals surface area contributed by atoms with E-state index in [4.69, 9.17) is 11.6 Å². The summed E-state index contributed by atoms with van der Waals surface area (Å²) in [5.74, 6) is 1.92. The molecule has 0 spiro atoms. The molecule has 0 aromatic heterocycles. The van der Waals surface area contributed by atoms with Crippen LogP contribution < -0.4 is 10.2 Å². The summed E-state index contributed by atoms with van der Waals surface area (Å²) in [6.07, 6.45) is 2.74. The predicted molar refractivity (Wildman–Crippen MR) is 105 cm³/mol. The monoisotopic (exact) mass is 434 g/mol. The summed E-state index contributed by atoms with van der Waals surface area (Å²) in [5.41, 5.74) is 1.21. The molecule has 4 nitrogen and oxygen atoms in total. The summed E-state index contributed by atoms with van der Waals surface area (Å²) in [5, 5.41) is 4.30. The topological polar surface area (TPSA) is 30.9 Å². The van der Waals surface area contributed by atoms with Crippen LogP contribution in [-0.2, 0) is 0 Å². The van der Waals surface area contributed by atoms with Crippen molar-refractivity contribution in [1.29, 1.82) is 0 Å². The Morgan fingerprint density at radius 1 is 1.27 bits per heavy atom. The first-order valence-corrected chi connectivity index (χ1v) is 8.10. The molecule has 122 valence electrons. The second-order valence-electron chi connectivity index (χ2n) is 5.83. The fraction of sp³-hybridized carbons (Fsp3) is 0.562. The van der Waals surface area contributed by atoms with Gasteiger partial charge in [0.1, 0.15) is 0 Å². The van der Waals surface area contributed by atoms with Gasteiger partial charge in [-0.25, -0.2) is 0 Å². The van der Waals surface area contributed by atoms with E-state index >= 15 is 0 Å². The van der Waals surface area contributed by atoms with Gasteiger partial charge in [-0.3, -0.25) is 4.99 Å². The molecule has 1 N–H and O–H groups in total. The third-order valence-corrected chi connectivity index (χ3v) is 4.45. The first-order valence-electron chi connectivity index (χ1n) is 7.72. The Bertz CT molecular complexity index is 511. The molecular weight excluding hydrogens is 411 g/mol. The van der Waals surface area contributed by atoms with Gasteiger partial charge in [0.15, 0.2) is 5.96 Å². The van der Waals surface area contributed by atoms with Gasteiger partial charge < -0.3 is 15.1 Å². The van der Waals surface area contributed by atoms with Gasteiger partial charge in [0.25, 0.3) is 0 Å². The van der Waals surface area contributed by atoms with E-state index in [1.807, 2.05) is 25.2 Å². The van der Waals surface area contributed by atoms with Crippen LogP contribution in [0, 0.1) is 5.92 Å². The van der Waals surface area contributed by atoms with Gasteiger partial charge >= 0.3 is 0 Å². The lowest BCUT2D eigenvalue weighted by atomic mass is 10.2. The Balaban J connectivity index is 0.00000176. The second-order valence-corrected chi connectivity index (χ2v) is 6.26. The quantitative estimate of drug-likeness (QED) is 0.451. The summed E-state index contributed by atoms with van der Waals surface area (Å²) in [7, 11) is 1.87. The van der Waals surface area contributed by atoms with E-state index in [9.17, 15) is 0 Å². The Morgan fingerprint density at radius 2 is 2.00 bits per heavy atom. The molecule has 3 rings (SSSR count). The normalized spacial score (nSPS) is 18.9. The van der Waals surface area contributed by atoms with Crippen LogP contribution in [0.15, 0.2) is 29.3 Å². The molecule has 1 aliphatic heterocycles. The molecular formula is C16H24ClIN4. The molecule has 6 heteroatoms. The maximum Gasteiger partial charge on any atom is 0.193 e. The standard InChI is InChI=1S/C16H23ClN4.HI/c1-18-16(19-12-13-5-6-13)21-9-7-20(8-10-21)15-4-2-3-14(17)11-15;/h2-4,11,13H,5-10,12H2,1H3,(H,18,19);1H. The zero-order valence-electron chi connectivity index (χ0n) is 13.0. The second kappa shape index (κ2) is 8.24. The molecule has 0 unspecified atom stereocenters. The highest BCUT2D eigenvalue weighted by atomic mass is 127. The Kier molecular flexibility index (Phi) is 6.62. The summed E-state index contributed by atoms with van der Waals surface area (Å²) < 4.78 is 0. The Morgan fingerprint density at radius 3 is 2.59 bits per heavy atom. The molecule has 0 atom stereocenters. The van der Waals surface area contributed by atoms with Crippen molar-refractivity contribution in [2.45, 2.75) is 12.8 Å². The number of hydrogen-bond acceptors (Lipinski definition) is 2. The minimum atomic E-state index is 0. The van der Waals surface area contributed by atoms with Crippen molar-refractivity contribution in [3.8, 4) is 0 Å². The summed E-state index contributed by atoms with van der Waals surface area (Å²) >= 11 is 6.08. The number of nitrogens with zero attached hydrogens (tertiary/aromatic N) is 3. The van der Waals surface area contributed by atoms with E-state index in [1.165, 1.54) is 18.5 Å². The number of piperazine rings is 1. The fourth-order valence-electron chi connectivity index (χ4n) is 2.74. The van der Waals surface area contributed by atoms with Crippen molar-refractivity contribution in [3.63, 3.8) is 0 Å². The zero-order valence-corrected chi connectivity index (χ0v) is 16.1. The van der Waals surface area contributed by atoms with Crippen molar-refractivity contribution in [1.82, 2.24) is 10.2 Å². The zero-order chi connectivity index (χ0) is 14.7. The molecule has 0 amide bonds. The van der Waals surface area contributed by atoms with Crippen LogP contribution in [-0.4, -0.2) is 50.6 Å². The van der Waals surface area contributed by atoms with E-state index in [0.29, 0.717) is 0 Å². The van der Waals surface area contributed by atoms with Crippen molar-refractivity contribution in [2.24, 2.45) is 10.9 Å². The fourth-order valence-corrected chi connectivity index (χ4v) is 2.92. The molecule has 0 radical (unpaired) electrons. The molecule has 1 saturated heterocycles. The van der Waals surface area contributed by atoms with Crippen LogP contribution in [0.25, 0.3) is 0 Å². The number of aliphatic imine (C=N–C) groups is 1. The lowest BCUT2D eigenvalue weighted by Gasteiger charge is -2.37. The highest BCUT2D eigenvalue weighted by Crippen LogP contribution is 2.27. The van der Waals surface area contributed by atoms with E-state index < -0.39 is 0 Å². The molecule has 1 aromatic rings. The molecule has 2 aliphatic rings. The number of benzene rings is 1. The van der Waals surface area contributed by atoms with Crippen LogP contribution in [0.4, 0.5) is 5.69 Å². The average molecular weight is 435 g/mol. The van der Waals surface area contributed by atoms with Gasteiger partial charge in [-0.05, 0) is 37.0 Å². The lowest BCUT2D eigenvalue weighted by molar-refractivity contribution is 0.372. The lowest BCUT2D eigenvalue weighted by Crippen LogP contribution is -2.52. The van der Waals surface area contributed by atoms with Gasteiger partial charge in [0, 0.05) is 50.5 Å². The number of guanidine groups is 1. The van der Waals surface area contributed by atoms with Crippen LogP contribution in [0.5, 0.6) is 0 Å². The maximum atomic E-state index is 6.08. The van der Waals surface area contributed by atoms with Crippen LogP contribution in [0.3, 0.4) is 0 Å². The van der Waals surface area contributed by atoms with Crippen molar-refractivity contribution < 1.29 is 0 Å². The van der Waals surface area contributed by atoms with E-state index in [1.54, 1.807) is 0 Å². The minimum Gasteiger partial charge on any atom is -0.368 e. The Labute approximate surface area is 154 Å². The molecule has 2 fully saturated rings. The summed E-state index contributed by atoms with van der Waals surface area (Å²) in [4.78, 5) is 9.15. The van der Waals surface area contributed by atoms with Gasteiger partial charge in [-0.15, -0.1) is 24.0 Å². The molecule has 1 aromatic carbocycles. The van der Waals surface area contributed by atoms with E-state index in [0.717, 1.165) is 49.6 Å². The smallest absolute Gasteiger partial charge is 0.193 e. The van der Waals surface area contributed by atoms with Crippen LogP contribution in [0.1, 0.15) is 12.8 Å². The van der Waals surface area contributed by atoms with Crippen molar-refractivity contribution >= 4 is 47.2 Å². The van der Waals surface area contributed by atoms with Gasteiger partial charge in [0.05, 0.1) is 0 Å². The number of anilines is 1. The third-order valence-electron chi connectivity index (χ3n) is 4.21. The summed E-state index contributed by atoms with van der Waals surface area (Å²) in [6, 6.07) is 8.10. The highest BCUT2D eigenvalue weighted by molar-refractivity contribution is 14.0. The molecule has 0 bridgehead atoms. The SMILES string of the molecule is CN=C(NCC1CC1)N1CCN(c2cccc(Cl)c2)CC1.I. The number of halogens is 2. The Hall–Kier alpha value is -0.690. The van der Waals surface area contributed by atoms with Gasteiger partial charge in [-0.2, -0.15) is 0 Å². The van der Waals surface area contributed by atoms with Crippen LogP contribution >= 0.6 is 35.6 Å². The molecule has 1 aliphatic carbocycles. The van der Waals surface area contributed by atoms with Crippen molar-refractivity contribution in [3.05, 3.63) is 29.3 Å². The van der Waals surface area contributed by atoms with Crippen LogP contribution in [0.2, 0.25) is 5.02 Å². The maximum absolute atomic E-state index is 6.08. The summed E-state index contributed by atoms with van der Waals surface area (Å²) in [6.45, 7) is 5.07. The average Bonchev–Trinajstić information content (AvgIpc) is 3.33. The molecule has 1 heterocycles. The van der Waals surface area contributed by atoms with Gasteiger partial charge in [0.2, 0.25) is 0 Å². The third kappa shape index (κ3) is 4.65. The van der Waals surface area contributed by atoms with Gasteiger partial charge in [-0.1, -0.05) is 17.7 Å². The first-order chi connectivity index (χ1) is 10.3. The predicted octanol–water partition coefficient (Wildman–Crippen LogP) is 3.07. The molecule has 1 saturated carbocycles. The first kappa shape index (κ1) is 17.7.